The van der Waals surface area contributed by atoms with Crippen molar-refractivity contribution in [3.63, 3.8) is 0 Å². The molecule has 1 heterocycles. The van der Waals surface area contributed by atoms with Crippen LogP contribution in [0.3, 0.4) is 0 Å². The average molecular weight is 358 g/mol. The highest BCUT2D eigenvalue weighted by Gasteiger charge is 2.43. The normalized spacial score (nSPS) is 16.8. The second-order valence-electron chi connectivity index (χ2n) is 5.86. The van der Waals surface area contributed by atoms with E-state index in [4.69, 9.17) is 23.2 Å². The molecule has 0 radical (unpaired) electrons. The molecule has 5 nitrogen and oxygen atoms in total. The van der Waals surface area contributed by atoms with Gasteiger partial charge in [0.15, 0.2) is 0 Å². The third kappa shape index (κ3) is 3.69. The second kappa shape index (κ2) is 7.62. The summed E-state index contributed by atoms with van der Waals surface area (Å²) < 4.78 is 1.59. The maximum atomic E-state index is 11.0. The predicted octanol–water partition coefficient (Wildman–Crippen LogP) is 2.92. The minimum Gasteiger partial charge on any atom is -0.395 e. The lowest BCUT2D eigenvalue weighted by Crippen LogP contribution is -2.49. The molecule has 23 heavy (non-hydrogen) atoms. The Morgan fingerprint density at radius 3 is 2.61 bits per heavy atom. The summed E-state index contributed by atoms with van der Waals surface area (Å²) in [6, 6.07) is 5.08. The summed E-state index contributed by atoms with van der Waals surface area (Å²) in [6.07, 6.45) is 2.94. The molecule has 0 bridgehead atoms. The SMILES string of the molecule is CCC(C)C(O)C(CO)(Cn1cncn1)c1ccc(Cl)cc1Cl. The number of aromatic nitrogens is 3. The Morgan fingerprint density at radius 2 is 2.09 bits per heavy atom. The molecule has 1 aromatic heterocycles. The van der Waals surface area contributed by atoms with Gasteiger partial charge < -0.3 is 10.2 Å². The van der Waals surface area contributed by atoms with Crippen molar-refractivity contribution in [1.82, 2.24) is 14.8 Å². The number of hydrogen-bond acceptors (Lipinski definition) is 4. The molecule has 126 valence electrons. The number of nitrogens with zero attached hydrogens (tertiary/aromatic N) is 3. The molecule has 0 aliphatic carbocycles. The number of hydrogen-bond donors (Lipinski definition) is 2. The van der Waals surface area contributed by atoms with Crippen molar-refractivity contribution in [3.05, 3.63) is 46.5 Å². The van der Waals surface area contributed by atoms with E-state index in [1.54, 1.807) is 29.2 Å². The van der Waals surface area contributed by atoms with Gasteiger partial charge in [0.1, 0.15) is 12.7 Å². The van der Waals surface area contributed by atoms with Crippen LogP contribution in [0.5, 0.6) is 0 Å². The van der Waals surface area contributed by atoms with Crippen LogP contribution in [-0.2, 0) is 12.0 Å². The van der Waals surface area contributed by atoms with Crippen LogP contribution < -0.4 is 0 Å². The van der Waals surface area contributed by atoms with Gasteiger partial charge in [-0.25, -0.2) is 4.98 Å². The fourth-order valence-electron chi connectivity index (χ4n) is 2.83. The molecule has 2 aromatic rings. The van der Waals surface area contributed by atoms with Crippen LogP contribution >= 0.6 is 23.2 Å². The van der Waals surface area contributed by atoms with Crippen LogP contribution in [0, 0.1) is 5.92 Å². The monoisotopic (exact) mass is 357 g/mol. The molecule has 2 N–H and O–H groups in total. The Kier molecular flexibility index (Phi) is 6.03. The van der Waals surface area contributed by atoms with E-state index in [1.807, 2.05) is 13.8 Å². The van der Waals surface area contributed by atoms with Crippen molar-refractivity contribution < 1.29 is 10.2 Å². The maximum Gasteiger partial charge on any atom is 0.137 e. The van der Waals surface area contributed by atoms with Gasteiger partial charge in [-0.3, -0.25) is 4.68 Å². The van der Waals surface area contributed by atoms with Gasteiger partial charge in [0.05, 0.1) is 24.7 Å². The van der Waals surface area contributed by atoms with E-state index in [2.05, 4.69) is 10.1 Å². The van der Waals surface area contributed by atoms with Crippen LogP contribution in [0.4, 0.5) is 0 Å². The zero-order valence-corrected chi connectivity index (χ0v) is 14.7. The Morgan fingerprint density at radius 1 is 1.35 bits per heavy atom. The van der Waals surface area contributed by atoms with E-state index < -0.39 is 11.5 Å². The summed E-state index contributed by atoms with van der Waals surface area (Å²) in [7, 11) is 0. The highest BCUT2D eigenvalue weighted by molar-refractivity contribution is 6.35. The van der Waals surface area contributed by atoms with Gasteiger partial charge >= 0.3 is 0 Å². The molecule has 3 atom stereocenters. The quantitative estimate of drug-likeness (QED) is 0.798. The molecule has 3 unspecified atom stereocenters. The fraction of sp³-hybridized carbons (Fsp3) is 0.500. The molecule has 0 aliphatic rings. The van der Waals surface area contributed by atoms with E-state index in [9.17, 15) is 10.2 Å². The molecule has 0 spiro atoms. The molecular weight excluding hydrogens is 337 g/mol. The van der Waals surface area contributed by atoms with Crippen LogP contribution in [0.2, 0.25) is 10.0 Å². The topological polar surface area (TPSA) is 71.2 Å². The summed E-state index contributed by atoms with van der Waals surface area (Å²) in [5, 5.41) is 26.2. The van der Waals surface area contributed by atoms with Crippen molar-refractivity contribution in [2.75, 3.05) is 6.61 Å². The standard InChI is InChI=1S/C16H21Cl2N3O2/c1-3-11(2)15(23)16(8-22,7-21-10-19-9-20-21)13-5-4-12(17)6-14(13)18/h4-6,9-11,15,22-23H,3,7-8H2,1-2H3. The number of aliphatic hydroxyl groups is 2. The highest BCUT2D eigenvalue weighted by Crippen LogP contribution is 2.39. The van der Waals surface area contributed by atoms with Crippen LogP contribution in [0.1, 0.15) is 25.8 Å². The van der Waals surface area contributed by atoms with Gasteiger partial charge in [-0.2, -0.15) is 5.10 Å². The third-order valence-electron chi connectivity index (χ3n) is 4.41. The van der Waals surface area contributed by atoms with Crippen molar-refractivity contribution in [2.24, 2.45) is 5.92 Å². The van der Waals surface area contributed by atoms with Crippen LogP contribution in [0.25, 0.3) is 0 Å². The number of halogens is 2. The van der Waals surface area contributed by atoms with Gasteiger partial charge in [0.25, 0.3) is 0 Å². The number of rotatable bonds is 7. The van der Waals surface area contributed by atoms with E-state index in [0.29, 0.717) is 15.6 Å². The molecule has 0 amide bonds. The molecule has 0 saturated carbocycles. The molecule has 1 aromatic carbocycles. The van der Waals surface area contributed by atoms with Gasteiger partial charge in [0, 0.05) is 10.0 Å². The van der Waals surface area contributed by atoms with Crippen molar-refractivity contribution in [2.45, 2.75) is 38.3 Å². The third-order valence-corrected chi connectivity index (χ3v) is 4.96. The van der Waals surface area contributed by atoms with Gasteiger partial charge in [-0.15, -0.1) is 0 Å². The zero-order chi connectivity index (χ0) is 17.0. The summed E-state index contributed by atoms with van der Waals surface area (Å²) in [5.41, 5.74) is -0.348. The van der Waals surface area contributed by atoms with Gasteiger partial charge in [0.2, 0.25) is 0 Å². The average Bonchev–Trinajstić information content (AvgIpc) is 3.04. The molecule has 0 fully saturated rings. The second-order valence-corrected chi connectivity index (χ2v) is 6.71. The minimum absolute atomic E-state index is 0.0302. The van der Waals surface area contributed by atoms with E-state index in [1.165, 1.54) is 6.33 Å². The van der Waals surface area contributed by atoms with Crippen molar-refractivity contribution in [3.8, 4) is 0 Å². The summed E-state index contributed by atoms with van der Waals surface area (Å²) in [5.74, 6) is -0.0302. The van der Waals surface area contributed by atoms with Gasteiger partial charge in [-0.05, 0) is 23.6 Å². The number of benzene rings is 1. The molecule has 0 saturated heterocycles. The Hall–Kier alpha value is -1.14. The molecule has 2 rings (SSSR count). The Labute approximate surface area is 145 Å². The van der Waals surface area contributed by atoms with Crippen molar-refractivity contribution >= 4 is 23.2 Å². The lowest BCUT2D eigenvalue weighted by atomic mass is 9.71. The molecule has 0 aliphatic heterocycles. The van der Waals surface area contributed by atoms with E-state index >= 15 is 0 Å². The van der Waals surface area contributed by atoms with Crippen LogP contribution in [0.15, 0.2) is 30.9 Å². The predicted molar refractivity (Wildman–Crippen MR) is 90.7 cm³/mol. The van der Waals surface area contributed by atoms with Crippen LogP contribution in [-0.4, -0.2) is 37.7 Å². The minimum atomic E-state index is -0.995. The largest absolute Gasteiger partial charge is 0.395 e. The Balaban J connectivity index is 2.56. The fourth-order valence-corrected chi connectivity index (χ4v) is 3.43. The maximum absolute atomic E-state index is 11.0. The molecule has 7 heteroatoms. The highest BCUT2D eigenvalue weighted by atomic mass is 35.5. The lowest BCUT2D eigenvalue weighted by Gasteiger charge is -2.40. The first-order valence-electron chi connectivity index (χ1n) is 7.51. The summed E-state index contributed by atoms with van der Waals surface area (Å²) in [4.78, 5) is 3.93. The number of aliphatic hydroxyl groups excluding tert-OH is 2. The first-order valence-corrected chi connectivity index (χ1v) is 8.27. The van der Waals surface area contributed by atoms with E-state index in [0.717, 1.165) is 6.42 Å². The summed E-state index contributed by atoms with van der Waals surface area (Å²) in [6.45, 7) is 3.92. The van der Waals surface area contributed by atoms with Crippen molar-refractivity contribution in [1.29, 1.82) is 0 Å². The van der Waals surface area contributed by atoms with Gasteiger partial charge in [-0.1, -0.05) is 49.5 Å². The smallest absolute Gasteiger partial charge is 0.137 e. The summed E-state index contributed by atoms with van der Waals surface area (Å²) >= 11 is 12.4. The first kappa shape index (κ1) is 18.2. The lowest BCUT2D eigenvalue weighted by molar-refractivity contribution is -0.00996. The zero-order valence-electron chi connectivity index (χ0n) is 13.2. The Bertz CT molecular complexity index is 636. The molecular formula is C16H21Cl2N3O2. The first-order chi connectivity index (χ1) is 10.9. The van der Waals surface area contributed by atoms with E-state index in [-0.39, 0.29) is 19.1 Å².